The first-order valence-electron chi connectivity index (χ1n) is 3.15. The van der Waals surface area contributed by atoms with Crippen LogP contribution in [0.15, 0.2) is 0 Å². The Hall–Kier alpha value is 0.490. The van der Waals surface area contributed by atoms with Crippen molar-refractivity contribution in [3.63, 3.8) is 0 Å². The smallest absolute Gasteiger partial charge is 0.170 e. The Morgan fingerprint density at radius 1 is 1.18 bits per heavy atom. The summed E-state index contributed by atoms with van der Waals surface area (Å²) in [4.78, 5) is 0. The van der Waals surface area contributed by atoms with E-state index in [1.807, 2.05) is 0 Å². The van der Waals surface area contributed by atoms with E-state index >= 15 is 0 Å². The van der Waals surface area contributed by atoms with Crippen molar-refractivity contribution in [2.75, 3.05) is 6.26 Å². The lowest BCUT2D eigenvalue weighted by Gasteiger charge is -2.21. The predicted octanol–water partition coefficient (Wildman–Crippen LogP) is 3.58. The molecular weight excluding hydrogens is 193 g/mol. The van der Waals surface area contributed by atoms with E-state index < -0.39 is 11.4 Å². The van der Waals surface area contributed by atoms with Crippen LogP contribution in [0, 0.1) is 5.92 Å². The maximum atomic E-state index is 12.1. The fourth-order valence-electron chi connectivity index (χ4n) is 0.647. The van der Waals surface area contributed by atoms with Crippen LogP contribution in [0.3, 0.4) is 0 Å². The molecule has 5 heteroatoms. The summed E-state index contributed by atoms with van der Waals surface area (Å²) in [6.45, 7) is 3.17. The van der Waals surface area contributed by atoms with E-state index in [4.69, 9.17) is 0 Å². The molecule has 0 N–H and O–H groups in total. The highest BCUT2D eigenvalue weighted by Crippen LogP contribution is 2.40. The highest BCUT2D eigenvalue weighted by atomic mass is 33.1. The first-order valence-corrected chi connectivity index (χ1v) is 5.78. The first-order chi connectivity index (χ1) is 4.89. The standard InChI is InChI=1S/C6H11F3S2/c1-4(2)5(11-10-3)6(7,8)9/h4-5H,1-3H3. The van der Waals surface area contributed by atoms with Crippen LogP contribution in [0.1, 0.15) is 13.8 Å². The van der Waals surface area contributed by atoms with Gasteiger partial charge in [0, 0.05) is 0 Å². The van der Waals surface area contributed by atoms with Crippen molar-refractivity contribution in [1.29, 1.82) is 0 Å². The molecule has 0 fully saturated rings. The second-order valence-corrected chi connectivity index (χ2v) is 5.08. The molecule has 0 aliphatic rings. The number of halogens is 3. The average molecular weight is 204 g/mol. The molecule has 0 aliphatic heterocycles. The molecule has 0 heterocycles. The van der Waals surface area contributed by atoms with Crippen LogP contribution in [0.2, 0.25) is 0 Å². The molecule has 0 saturated carbocycles. The van der Waals surface area contributed by atoms with E-state index in [1.165, 1.54) is 0 Å². The van der Waals surface area contributed by atoms with Crippen molar-refractivity contribution in [3.8, 4) is 0 Å². The summed E-state index contributed by atoms with van der Waals surface area (Å²) in [5, 5.41) is -1.24. The lowest BCUT2D eigenvalue weighted by atomic mass is 10.1. The highest BCUT2D eigenvalue weighted by Gasteiger charge is 2.41. The Bertz CT molecular complexity index is 111. The zero-order valence-electron chi connectivity index (χ0n) is 6.61. The minimum Gasteiger partial charge on any atom is -0.170 e. The van der Waals surface area contributed by atoms with Crippen LogP contribution < -0.4 is 0 Å². The van der Waals surface area contributed by atoms with Gasteiger partial charge >= 0.3 is 6.18 Å². The molecule has 0 bridgehead atoms. The zero-order valence-corrected chi connectivity index (χ0v) is 8.24. The summed E-state index contributed by atoms with van der Waals surface area (Å²) in [5.41, 5.74) is 0. The third-order valence-electron chi connectivity index (χ3n) is 1.13. The molecule has 11 heavy (non-hydrogen) atoms. The Morgan fingerprint density at radius 2 is 1.64 bits per heavy atom. The van der Waals surface area contributed by atoms with Gasteiger partial charge in [-0.1, -0.05) is 35.4 Å². The largest absolute Gasteiger partial charge is 0.401 e. The Labute approximate surface area is 72.7 Å². The number of hydrogen-bond donors (Lipinski definition) is 0. The van der Waals surface area contributed by atoms with Crippen LogP contribution in [0.25, 0.3) is 0 Å². The van der Waals surface area contributed by atoms with Crippen molar-refractivity contribution in [1.82, 2.24) is 0 Å². The second-order valence-electron chi connectivity index (χ2n) is 2.47. The Morgan fingerprint density at radius 3 is 1.73 bits per heavy atom. The van der Waals surface area contributed by atoms with Crippen molar-refractivity contribution in [2.45, 2.75) is 25.3 Å². The fourth-order valence-corrected chi connectivity index (χ4v) is 2.80. The monoisotopic (exact) mass is 204 g/mol. The maximum absolute atomic E-state index is 12.1. The van der Waals surface area contributed by atoms with Gasteiger partial charge in [0.15, 0.2) is 0 Å². The van der Waals surface area contributed by atoms with Crippen molar-refractivity contribution in [3.05, 3.63) is 0 Å². The lowest BCUT2D eigenvalue weighted by Crippen LogP contribution is -2.29. The molecule has 0 aromatic heterocycles. The van der Waals surface area contributed by atoms with Gasteiger partial charge in [-0.2, -0.15) is 13.2 Å². The molecule has 0 aliphatic carbocycles. The zero-order chi connectivity index (χ0) is 9.07. The van der Waals surface area contributed by atoms with E-state index in [0.29, 0.717) is 0 Å². The summed E-state index contributed by atoms with van der Waals surface area (Å²) in [5.74, 6) is -0.354. The molecule has 0 spiro atoms. The third-order valence-corrected chi connectivity index (χ3v) is 3.54. The fraction of sp³-hybridized carbons (Fsp3) is 1.00. The molecule has 68 valence electrons. The molecule has 0 radical (unpaired) electrons. The quantitative estimate of drug-likeness (QED) is 0.644. The second kappa shape index (κ2) is 4.50. The molecule has 0 aromatic rings. The Kier molecular flexibility index (Phi) is 4.70. The van der Waals surface area contributed by atoms with Crippen LogP contribution in [-0.2, 0) is 0 Å². The maximum Gasteiger partial charge on any atom is 0.401 e. The van der Waals surface area contributed by atoms with Gasteiger partial charge in [0.2, 0.25) is 0 Å². The number of alkyl halides is 3. The van der Waals surface area contributed by atoms with E-state index in [-0.39, 0.29) is 5.92 Å². The summed E-state index contributed by atoms with van der Waals surface area (Å²) in [6.07, 6.45) is -2.41. The van der Waals surface area contributed by atoms with Gasteiger partial charge in [-0.3, -0.25) is 0 Å². The third kappa shape index (κ3) is 4.15. The highest BCUT2D eigenvalue weighted by molar-refractivity contribution is 8.76. The SMILES string of the molecule is CSSC(C(C)C)C(F)(F)F. The summed E-state index contributed by atoms with van der Waals surface area (Å²) < 4.78 is 36.4. The van der Waals surface area contributed by atoms with Crippen molar-refractivity contribution in [2.24, 2.45) is 5.92 Å². The van der Waals surface area contributed by atoms with E-state index in [0.717, 1.165) is 21.6 Å². The molecule has 1 unspecified atom stereocenters. The van der Waals surface area contributed by atoms with Crippen LogP contribution >= 0.6 is 21.6 Å². The van der Waals surface area contributed by atoms with Crippen LogP contribution in [0.4, 0.5) is 13.2 Å². The number of rotatable bonds is 3. The topological polar surface area (TPSA) is 0 Å². The van der Waals surface area contributed by atoms with Crippen LogP contribution in [-0.4, -0.2) is 17.7 Å². The summed E-state index contributed by atoms with van der Waals surface area (Å²) in [6, 6.07) is 0. The Balaban J connectivity index is 4.10. The van der Waals surface area contributed by atoms with Gasteiger partial charge in [-0.25, -0.2) is 0 Å². The van der Waals surface area contributed by atoms with Crippen LogP contribution in [0.5, 0.6) is 0 Å². The van der Waals surface area contributed by atoms with E-state index in [2.05, 4.69) is 0 Å². The van der Waals surface area contributed by atoms with Gasteiger partial charge in [-0.15, -0.1) is 0 Å². The number of hydrogen-bond acceptors (Lipinski definition) is 2. The minimum atomic E-state index is -4.07. The molecule has 0 amide bonds. The molecule has 0 rings (SSSR count). The van der Waals surface area contributed by atoms with E-state index in [9.17, 15) is 13.2 Å². The van der Waals surface area contributed by atoms with E-state index in [1.54, 1.807) is 20.1 Å². The molecular formula is C6H11F3S2. The van der Waals surface area contributed by atoms with Gasteiger partial charge in [0.1, 0.15) is 5.25 Å². The van der Waals surface area contributed by atoms with Gasteiger partial charge in [0.25, 0.3) is 0 Å². The van der Waals surface area contributed by atoms with Gasteiger partial charge in [-0.05, 0) is 12.2 Å². The predicted molar refractivity (Wildman–Crippen MR) is 45.8 cm³/mol. The lowest BCUT2D eigenvalue weighted by molar-refractivity contribution is -0.135. The molecule has 0 saturated heterocycles. The first kappa shape index (κ1) is 11.5. The van der Waals surface area contributed by atoms with Crippen molar-refractivity contribution < 1.29 is 13.2 Å². The summed E-state index contributed by atoms with van der Waals surface area (Å²) in [7, 11) is 2.04. The van der Waals surface area contributed by atoms with Crippen molar-refractivity contribution >= 4 is 21.6 Å². The average Bonchev–Trinajstić information content (AvgIpc) is 1.79. The van der Waals surface area contributed by atoms with Gasteiger partial charge < -0.3 is 0 Å². The molecule has 1 atom stereocenters. The summed E-state index contributed by atoms with van der Waals surface area (Å²) >= 11 is 0. The minimum absolute atomic E-state index is 0.354. The molecule has 0 nitrogen and oxygen atoms in total. The molecule has 0 aromatic carbocycles. The normalized spacial score (nSPS) is 15.5. The van der Waals surface area contributed by atoms with Gasteiger partial charge in [0.05, 0.1) is 0 Å².